The quantitative estimate of drug-likeness (QED) is 0.215. The Balaban J connectivity index is 2.73. The van der Waals surface area contributed by atoms with E-state index in [1.807, 2.05) is 13.0 Å². The van der Waals surface area contributed by atoms with Crippen molar-refractivity contribution in [3.8, 4) is 0 Å². The van der Waals surface area contributed by atoms with E-state index in [-0.39, 0.29) is 5.41 Å². The minimum atomic E-state index is -4.84. The Morgan fingerprint density at radius 3 is 2.44 bits per heavy atom. The third kappa shape index (κ3) is 10.4. The maximum Gasteiger partial charge on any atom is 0.469 e. The molecule has 0 bridgehead atoms. The Bertz CT molecular complexity index is 903. The Kier molecular flexibility index (Phi) is 10.5. The summed E-state index contributed by atoms with van der Waals surface area (Å²) in [4.78, 5) is 40.5. The van der Waals surface area contributed by atoms with E-state index in [2.05, 4.69) is 42.8 Å². The summed E-state index contributed by atoms with van der Waals surface area (Å²) < 4.78 is 14.9. The van der Waals surface area contributed by atoms with Gasteiger partial charge in [0.1, 0.15) is 0 Å². The van der Waals surface area contributed by atoms with Gasteiger partial charge in [-0.05, 0) is 56.6 Å². The summed E-state index contributed by atoms with van der Waals surface area (Å²) in [6, 6.07) is -1.59. The third-order valence-corrected chi connectivity index (χ3v) is 5.64. The molecule has 0 saturated carbocycles. The number of nitrogens with one attached hydrogen (secondary N) is 1. The van der Waals surface area contributed by atoms with Crippen molar-refractivity contribution in [3.05, 3.63) is 58.7 Å². The molecule has 0 aromatic carbocycles. The van der Waals surface area contributed by atoms with Crippen molar-refractivity contribution in [1.82, 2.24) is 5.32 Å². The molecule has 9 heteroatoms. The second kappa shape index (κ2) is 12.1. The van der Waals surface area contributed by atoms with Crippen LogP contribution in [0, 0.1) is 5.41 Å². The molecule has 0 saturated heterocycles. The van der Waals surface area contributed by atoms with Crippen molar-refractivity contribution in [2.75, 3.05) is 6.61 Å². The third-order valence-electron chi connectivity index (χ3n) is 5.16. The van der Waals surface area contributed by atoms with E-state index < -0.39 is 32.3 Å². The van der Waals surface area contributed by atoms with Crippen molar-refractivity contribution in [2.24, 2.45) is 5.41 Å². The molecule has 8 nitrogen and oxygen atoms in total. The number of carboxylic acid groups (broad SMARTS) is 1. The molecular weight excluding hydrogens is 433 g/mol. The highest BCUT2D eigenvalue weighted by atomic mass is 31.2. The lowest BCUT2D eigenvalue weighted by atomic mass is 9.72. The van der Waals surface area contributed by atoms with Crippen molar-refractivity contribution >= 4 is 19.7 Å². The van der Waals surface area contributed by atoms with E-state index in [4.69, 9.17) is 14.9 Å². The van der Waals surface area contributed by atoms with Crippen LogP contribution in [0.2, 0.25) is 0 Å². The lowest BCUT2D eigenvalue weighted by molar-refractivity contribution is -0.142. The standard InChI is InChI=1S/C23H34NO7P/c1-16(11-12-19-18(3)10-7-13-23(19,4)5)8-6-9-17(2)14-21(25)24-20(22(26)27)15-31-32(28,29)30/h6,8-9,11-12,14,20H,7,10,13,15H2,1-5H3,(H,24,25)(H,26,27)(H2,28,29,30)/b9-6+,12-11+,16-8+,17-14-. The molecule has 1 aliphatic rings. The lowest BCUT2D eigenvalue weighted by Gasteiger charge is -2.32. The van der Waals surface area contributed by atoms with Crippen LogP contribution in [0.15, 0.2) is 58.7 Å². The van der Waals surface area contributed by atoms with Gasteiger partial charge in [-0.25, -0.2) is 9.36 Å². The molecule has 0 aromatic rings. The molecule has 1 aliphatic carbocycles. The minimum absolute atomic E-state index is 0.172. The number of amides is 1. The van der Waals surface area contributed by atoms with Crippen LogP contribution in [0.5, 0.6) is 0 Å². The fraction of sp³-hybridized carbons (Fsp3) is 0.478. The lowest BCUT2D eigenvalue weighted by Crippen LogP contribution is -2.43. The number of allylic oxidation sites excluding steroid dienone is 9. The first-order valence-corrected chi connectivity index (χ1v) is 11.9. The van der Waals surface area contributed by atoms with E-state index in [0.717, 1.165) is 12.0 Å². The van der Waals surface area contributed by atoms with Crippen molar-refractivity contribution in [2.45, 2.75) is 59.9 Å². The van der Waals surface area contributed by atoms with Crippen LogP contribution in [0.4, 0.5) is 0 Å². The van der Waals surface area contributed by atoms with E-state index >= 15 is 0 Å². The smallest absolute Gasteiger partial charge is 0.469 e. The zero-order valence-corrected chi connectivity index (χ0v) is 20.2. The molecule has 32 heavy (non-hydrogen) atoms. The highest BCUT2D eigenvalue weighted by molar-refractivity contribution is 7.46. The fourth-order valence-electron chi connectivity index (χ4n) is 3.45. The Morgan fingerprint density at radius 1 is 1.22 bits per heavy atom. The Labute approximate surface area is 189 Å². The number of hydrogen-bond acceptors (Lipinski definition) is 4. The van der Waals surface area contributed by atoms with E-state index in [9.17, 15) is 14.2 Å². The summed E-state index contributed by atoms with van der Waals surface area (Å²) >= 11 is 0. The van der Waals surface area contributed by atoms with Crippen molar-refractivity contribution in [1.29, 1.82) is 0 Å². The second-order valence-corrected chi connectivity index (χ2v) is 9.85. The van der Waals surface area contributed by atoms with Crippen LogP contribution in [-0.2, 0) is 18.7 Å². The zero-order chi connectivity index (χ0) is 24.5. The van der Waals surface area contributed by atoms with Gasteiger partial charge in [0.2, 0.25) is 5.91 Å². The average molecular weight is 467 g/mol. The maximum atomic E-state index is 12.0. The average Bonchev–Trinajstić information content (AvgIpc) is 2.63. The van der Waals surface area contributed by atoms with Crippen LogP contribution in [0.1, 0.15) is 53.9 Å². The topological polar surface area (TPSA) is 133 Å². The zero-order valence-electron chi connectivity index (χ0n) is 19.3. The van der Waals surface area contributed by atoms with Crippen LogP contribution >= 0.6 is 7.82 Å². The fourth-order valence-corrected chi connectivity index (χ4v) is 3.79. The summed E-state index contributed by atoms with van der Waals surface area (Å²) in [5, 5.41) is 11.2. The molecule has 0 radical (unpaired) electrons. The van der Waals surface area contributed by atoms with Crippen LogP contribution in [0.3, 0.4) is 0 Å². The summed E-state index contributed by atoms with van der Waals surface area (Å²) in [7, 11) is -4.84. The molecule has 1 rings (SSSR count). The van der Waals surface area contributed by atoms with E-state index in [1.54, 1.807) is 19.1 Å². The maximum absolute atomic E-state index is 12.0. The SMILES string of the molecule is CC1=C(/C=C/C(C)=C/C=C/C(C)=C\C(=O)NC(COP(=O)(O)O)C(=O)O)C(C)(C)CCC1. The van der Waals surface area contributed by atoms with Gasteiger partial charge in [0.15, 0.2) is 6.04 Å². The van der Waals surface area contributed by atoms with Gasteiger partial charge in [0.25, 0.3) is 0 Å². The normalized spacial score (nSPS) is 19.0. The first-order chi connectivity index (χ1) is 14.7. The largest absolute Gasteiger partial charge is 0.480 e. The van der Waals surface area contributed by atoms with E-state index in [0.29, 0.717) is 5.57 Å². The molecule has 0 fully saturated rings. The number of phosphoric ester groups is 1. The summed E-state index contributed by atoms with van der Waals surface area (Å²) in [5.41, 5.74) is 4.59. The van der Waals surface area contributed by atoms with Gasteiger partial charge in [-0.2, -0.15) is 0 Å². The number of hydrogen-bond donors (Lipinski definition) is 4. The first kappa shape index (κ1) is 27.8. The van der Waals surface area contributed by atoms with Crippen LogP contribution in [0.25, 0.3) is 0 Å². The number of carboxylic acids is 1. The molecule has 0 spiro atoms. The summed E-state index contributed by atoms with van der Waals surface area (Å²) in [6.07, 6.45) is 14.4. The number of rotatable bonds is 10. The Morgan fingerprint density at radius 2 is 1.88 bits per heavy atom. The highest BCUT2D eigenvalue weighted by Gasteiger charge is 2.26. The molecule has 4 N–H and O–H groups in total. The summed E-state index contributed by atoms with van der Waals surface area (Å²) in [6.45, 7) is 9.52. The van der Waals surface area contributed by atoms with Gasteiger partial charge in [0, 0.05) is 6.08 Å². The minimum Gasteiger partial charge on any atom is -0.480 e. The number of carbonyl (C=O) groups excluding carboxylic acids is 1. The number of aliphatic carboxylic acids is 1. The van der Waals surface area contributed by atoms with Crippen LogP contribution < -0.4 is 5.32 Å². The first-order valence-electron chi connectivity index (χ1n) is 10.4. The van der Waals surface area contributed by atoms with Gasteiger partial charge in [-0.15, -0.1) is 0 Å². The van der Waals surface area contributed by atoms with Crippen molar-refractivity contribution < 1.29 is 33.6 Å². The molecule has 1 amide bonds. The monoisotopic (exact) mass is 467 g/mol. The molecule has 178 valence electrons. The highest BCUT2D eigenvalue weighted by Crippen LogP contribution is 2.40. The Hall–Kier alpha value is -2.25. The predicted molar refractivity (Wildman–Crippen MR) is 124 cm³/mol. The van der Waals surface area contributed by atoms with E-state index in [1.165, 1.54) is 30.1 Å². The predicted octanol–water partition coefficient (Wildman–Crippen LogP) is 4.20. The van der Waals surface area contributed by atoms with Gasteiger partial charge >= 0.3 is 13.8 Å². The number of carbonyl (C=O) groups is 2. The molecule has 0 heterocycles. The van der Waals surface area contributed by atoms with Gasteiger partial charge in [-0.3, -0.25) is 9.32 Å². The second-order valence-electron chi connectivity index (χ2n) is 8.61. The molecule has 1 unspecified atom stereocenters. The van der Waals surface area contributed by atoms with Gasteiger partial charge in [0.05, 0.1) is 6.61 Å². The van der Waals surface area contributed by atoms with Crippen LogP contribution in [-0.4, -0.2) is 39.4 Å². The van der Waals surface area contributed by atoms with Gasteiger partial charge < -0.3 is 20.2 Å². The summed E-state index contributed by atoms with van der Waals surface area (Å²) in [5.74, 6) is -2.18. The molecule has 1 atom stereocenters. The van der Waals surface area contributed by atoms with Crippen molar-refractivity contribution in [3.63, 3.8) is 0 Å². The molecular formula is C23H34NO7P. The van der Waals surface area contributed by atoms with Gasteiger partial charge in [-0.1, -0.05) is 55.4 Å². The molecule has 0 aromatic heterocycles. The molecule has 0 aliphatic heterocycles. The number of phosphoric acid groups is 1.